The van der Waals surface area contributed by atoms with Crippen LogP contribution in [0.25, 0.3) is 0 Å². The topological polar surface area (TPSA) is 37.4 Å². The van der Waals surface area contributed by atoms with Gasteiger partial charge in [0.25, 0.3) is 0 Å². The van der Waals surface area contributed by atoms with Gasteiger partial charge in [-0.3, -0.25) is 0 Å². The van der Waals surface area contributed by atoms with Gasteiger partial charge in [0.05, 0.1) is 10.5 Å². The van der Waals surface area contributed by atoms with Crippen LogP contribution in [0.3, 0.4) is 0 Å². The molecular weight excluding hydrogens is 346 g/mol. The van der Waals surface area contributed by atoms with Crippen LogP contribution in [0.1, 0.15) is 16.7 Å². The van der Waals surface area contributed by atoms with Crippen LogP contribution in [0, 0.1) is 5.82 Å². The van der Waals surface area contributed by atoms with Gasteiger partial charge in [0.15, 0.2) is 0 Å². The monoisotopic (exact) mass is 359 g/mol. The van der Waals surface area contributed by atoms with Crippen LogP contribution in [0.15, 0.2) is 47.4 Å². The van der Waals surface area contributed by atoms with Gasteiger partial charge in [0.1, 0.15) is 5.82 Å². The number of alkyl halides is 3. The molecule has 0 unspecified atom stereocenters. The lowest BCUT2D eigenvalue weighted by Gasteiger charge is -2.28. The molecule has 2 aromatic rings. The fourth-order valence-corrected chi connectivity index (χ4v) is 4.15. The Morgan fingerprint density at radius 1 is 1.00 bits per heavy atom. The first-order valence-electron chi connectivity index (χ1n) is 7.13. The minimum Gasteiger partial charge on any atom is -0.207 e. The van der Waals surface area contributed by atoms with E-state index in [4.69, 9.17) is 0 Å². The largest absolute Gasteiger partial charge is 0.419 e. The van der Waals surface area contributed by atoms with Gasteiger partial charge in [0.2, 0.25) is 10.0 Å². The zero-order valence-corrected chi connectivity index (χ0v) is 13.2. The van der Waals surface area contributed by atoms with Gasteiger partial charge in [-0.25, -0.2) is 12.8 Å². The number of hydrogen-bond acceptors (Lipinski definition) is 2. The lowest BCUT2D eigenvalue weighted by molar-refractivity contribution is -0.140. The van der Waals surface area contributed by atoms with E-state index in [9.17, 15) is 26.0 Å². The molecule has 0 atom stereocenters. The van der Waals surface area contributed by atoms with E-state index < -0.39 is 32.5 Å². The highest BCUT2D eigenvalue weighted by Gasteiger charge is 2.36. The Balaban J connectivity index is 1.98. The summed E-state index contributed by atoms with van der Waals surface area (Å²) in [6, 6.07) is 9.04. The van der Waals surface area contributed by atoms with Crippen LogP contribution in [0.5, 0.6) is 0 Å². The van der Waals surface area contributed by atoms with Gasteiger partial charge in [-0.15, -0.1) is 0 Å². The molecule has 24 heavy (non-hydrogen) atoms. The molecule has 0 spiro atoms. The summed E-state index contributed by atoms with van der Waals surface area (Å²) < 4.78 is 78.1. The molecule has 0 saturated carbocycles. The van der Waals surface area contributed by atoms with Crippen molar-refractivity contribution in [2.75, 3.05) is 6.54 Å². The zero-order chi connectivity index (χ0) is 17.5. The Kier molecular flexibility index (Phi) is 4.13. The van der Waals surface area contributed by atoms with Crippen LogP contribution in [0.2, 0.25) is 0 Å². The third kappa shape index (κ3) is 3.03. The third-order valence-electron chi connectivity index (χ3n) is 3.98. The summed E-state index contributed by atoms with van der Waals surface area (Å²) in [7, 11) is -4.14. The third-order valence-corrected chi connectivity index (χ3v) is 5.82. The van der Waals surface area contributed by atoms with Crippen LogP contribution in [-0.2, 0) is 29.2 Å². The smallest absolute Gasteiger partial charge is 0.207 e. The molecule has 0 amide bonds. The van der Waals surface area contributed by atoms with Gasteiger partial charge in [0, 0.05) is 13.1 Å². The summed E-state index contributed by atoms with van der Waals surface area (Å²) in [6.45, 7) is 0.245. The van der Waals surface area contributed by atoms with Crippen LogP contribution >= 0.6 is 0 Å². The molecule has 3 nitrogen and oxygen atoms in total. The number of rotatable bonds is 2. The van der Waals surface area contributed by atoms with Gasteiger partial charge in [-0.05, 0) is 35.7 Å². The van der Waals surface area contributed by atoms with E-state index >= 15 is 0 Å². The average molecular weight is 359 g/mol. The molecule has 0 radical (unpaired) electrons. The number of sulfonamides is 1. The maximum absolute atomic E-state index is 13.4. The molecule has 1 heterocycles. The predicted molar refractivity (Wildman–Crippen MR) is 79.1 cm³/mol. The second kappa shape index (κ2) is 5.86. The van der Waals surface area contributed by atoms with Crippen molar-refractivity contribution in [1.29, 1.82) is 0 Å². The first-order valence-corrected chi connectivity index (χ1v) is 8.57. The summed E-state index contributed by atoms with van der Waals surface area (Å²) in [6.07, 6.45) is -4.48. The van der Waals surface area contributed by atoms with E-state index in [1.807, 2.05) is 12.1 Å². The average Bonchev–Trinajstić information content (AvgIpc) is 2.53. The van der Waals surface area contributed by atoms with Crippen LogP contribution < -0.4 is 0 Å². The van der Waals surface area contributed by atoms with Crippen molar-refractivity contribution in [3.05, 3.63) is 65.0 Å². The highest BCUT2D eigenvalue weighted by atomic mass is 32.2. The summed E-state index contributed by atoms with van der Waals surface area (Å²) in [5.74, 6) is -1.49. The van der Waals surface area contributed by atoms with Crippen molar-refractivity contribution < 1.29 is 26.0 Å². The molecule has 1 aliphatic rings. The first-order chi connectivity index (χ1) is 11.2. The van der Waals surface area contributed by atoms with Crippen molar-refractivity contribution in [3.63, 3.8) is 0 Å². The molecule has 0 aromatic heterocycles. The Morgan fingerprint density at radius 2 is 1.67 bits per heavy atom. The van der Waals surface area contributed by atoms with Crippen molar-refractivity contribution in [3.8, 4) is 0 Å². The Labute approximate surface area is 136 Å². The van der Waals surface area contributed by atoms with Gasteiger partial charge in [-0.1, -0.05) is 24.3 Å². The molecule has 0 fully saturated rings. The van der Waals surface area contributed by atoms with Crippen molar-refractivity contribution in [2.24, 2.45) is 0 Å². The zero-order valence-electron chi connectivity index (χ0n) is 12.3. The quantitative estimate of drug-likeness (QED) is 0.769. The highest BCUT2D eigenvalue weighted by Crippen LogP contribution is 2.34. The van der Waals surface area contributed by atoms with Crippen molar-refractivity contribution in [2.45, 2.75) is 24.0 Å². The van der Waals surface area contributed by atoms with Crippen LogP contribution in [-0.4, -0.2) is 19.3 Å². The minimum atomic E-state index is -4.95. The van der Waals surface area contributed by atoms with Crippen LogP contribution in [0.4, 0.5) is 17.6 Å². The van der Waals surface area contributed by atoms with E-state index in [-0.39, 0.29) is 13.1 Å². The standard InChI is InChI=1S/C16H13F4NO2S/c17-15-6-5-13(9-14(15)16(18,19)20)24(22,23)21-8-7-11-3-1-2-4-12(11)10-21/h1-6,9H,7-8,10H2. The minimum absolute atomic E-state index is 0.0806. The number of nitrogens with zero attached hydrogens (tertiary/aromatic N) is 1. The Morgan fingerprint density at radius 3 is 2.33 bits per heavy atom. The summed E-state index contributed by atoms with van der Waals surface area (Å²) in [5.41, 5.74) is 0.241. The van der Waals surface area contributed by atoms with Gasteiger partial charge in [-0.2, -0.15) is 17.5 Å². The normalized spacial score (nSPS) is 16.0. The van der Waals surface area contributed by atoms with E-state index in [1.165, 1.54) is 0 Å². The molecule has 0 saturated heterocycles. The molecule has 2 aromatic carbocycles. The Bertz CT molecular complexity index is 878. The molecule has 8 heteroatoms. The molecule has 3 rings (SSSR count). The van der Waals surface area contributed by atoms with E-state index in [1.54, 1.807) is 12.1 Å². The first kappa shape index (κ1) is 16.9. The van der Waals surface area contributed by atoms with Gasteiger partial charge >= 0.3 is 6.18 Å². The number of halogens is 4. The molecule has 0 N–H and O–H groups in total. The van der Waals surface area contributed by atoms with E-state index in [2.05, 4.69) is 0 Å². The maximum Gasteiger partial charge on any atom is 0.419 e. The second-order valence-electron chi connectivity index (χ2n) is 5.50. The summed E-state index contributed by atoms with van der Waals surface area (Å²) >= 11 is 0. The SMILES string of the molecule is O=S(=O)(c1ccc(F)c(C(F)(F)F)c1)N1CCc2ccccc2C1. The second-order valence-corrected chi connectivity index (χ2v) is 7.43. The lowest BCUT2D eigenvalue weighted by Crippen LogP contribution is -2.36. The summed E-state index contributed by atoms with van der Waals surface area (Å²) in [5, 5.41) is 0. The highest BCUT2D eigenvalue weighted by molar-refractivity contribution is 7.89. The number of fused-ring (bicyclic) bond motifs is 1. The van der Waals surface area contributed by atoms with Crippen molar-refractivity contribution in [1.82, 2.24) is 4.31 Å². The molecule has 0 aliphatic carbocycles. The van der Waals surface area contributed by atoms with E-state index in [0.29, 0.717) is 18.6 Å². The molecular formula is C16H13F4NO2S. The lowest BCUT2D eigenvalue weighted by atomic mass is 10.0. The summed E-state index contributed by atoms with van der Waals surface area (Å²) in [4.78, 5) is -0.560. The van der Waals surface area contributed by atoms with Crippen molar-refractivity contribution >= 4 is 10.0 Å². The molecule has 0 bridgehead atoms. The maximum atomic E-state index is 13.4. The number of hydrogen-bond donors (Lipinski definition) is 0. The van der Waals surface area contributed by atoms with Gasteiger partial charge < -0.3 is 0 Å². The molecule has 1 aliphatic heterocycles. The fourth-order valence-electron chi connectivity index (χ4n) is 2.71. The van der Waals surface area contributed by atoms with E-state index in [0.717, 1.165) is 21.5 Å². The predicted octanol–water partition coefficient (Wildman–Crippen LogP) is 3.59. The number of benzene rings is 2. The Hall–Kier alpha value is -1.93. The molecule has 128 valence electrons. The fraction of sp³-hybridized carbons (Fsp3) is 0.250.